The summed E-state index contributed by atoms with van der Waals surface area (Å²) in [6.45, 7) is 1.13. The third kappa shape index (κ3) is 2.26. The van der Waals surface area contributed by atoms with Crippen molar-refractivity contribution in [2.75, 3.05) is 0 Å². The molecule has 0 aliphatic rings. The van der Waals surface area contributed by atoms with Crippen LogP contribution in [0, 0.1) is 12.7 Å². The normalized spacial score (nSPS) is 11.5. The third-order valence-corrected chi connectivity index (χ3v) is 1.88. The Kier molecular flexibility index (Phi) is 2.70. The van der Waals surface area contributed by atoms with Crippen molar-refractivity contribution in [1.29, 1.82) is 0 Å². The lowest BCUT2D eigenvalue weighted by atomic mass is 10.0. The second-order valence-electron chi connectivity index (χ2n) is 3.01. The number of benzene rings is 1. The van der Waals surface area contributed by atoms with Crippen LogP contribution < -0.4 is 5.73 Å². The molecular formula is C9H7F4NO. The van der Waals surface area contributed by atoms with Crippen LogP contribution in [-0.4, -0.2) is 5.91 Å². The van der Waals surface area contributed by atoms with Gasteiger partial charge in [-0.15, -0.1) is 0 Å². The second-order valence-corrected chi connectivity index (χ2v) is 3.01. The number of carbonyl (C=O) groups is 1. The summed E-state index contributed by atoms with van der Waals surface area (Å²) >= 11 is 0. The number of alkyl halides is 3. The minimum Gasteiger partial charge on any atom is -0.366 e. The molecule has 0 saturated heterocycles. The van der Waals surface area contributed by atoms with Gasteiger partial charge in [0.05, 0.1) is 11.1 Å². The molecule has 15 heavy (non-hydrogen) atoms. The lowest BCUT2D eigenvalue weighted by Gasteiger charge is -2.11. The molecule has 0 atom stereocenters. The van der Waals surface area contributed by atoms with Crippen molar-refractivity contribution in [3.63, 3.8) is 0 Å². The molecule has 6 heteroatoms. The smallest absolute Gasteiger partial charge is 0.366 e. The van der Waals surface area contributed by atoms with E-state index in [9.17, 15) is 22.4 Å². The highest BCUT2D eigenvalue weighted by Crippen LogP contribution is 2.32. The fourth-order valence-electron chi connectivity index (χ4n) is 1.18. The molecule has 0 heterocycles. The molecule has 0 unspecified atom stereocenters. The van der Waals surface area contributed by atoms with Gasteiger partial charge in [0.15, 0.2) is 0 Å². The van der Waals surface area contributed by atoms with Crippen molar-refractivity contribution in [3.05, 3.63) is 34.6 Å². The summed E-state index contributed by atoms with van der Waals surface area (Å²) in [5, 5.41) is 0. The molecule has 1 rings (SSSR count). The van der Waals surface area contributed by atoms with Crippen molar-refractivity contribution in [1.82, 2.24) is 0 Å². The van der Waals surface area contributed by atoms with E-state index in [4.69, 9.17) is 5.73 Å². The summed E-state index contributed by atoms with van der Waals surface area (Å²) in [5.41, 5.74) is 2.90. The zero-order valence-electron chi connectivity index (χ0n) is 7.65. The first kappa shape index (κ1) is 11.5. The van der Waals surface area contributed by atoms with Crippen LogP contribution in [0.1, 0.15) is 21.5 Å². The van der Waals surface area contributed by atoms with Gasteiger partial charge < -0.3 is 5.73 Å². The molecule has 0 radical (unpaired) electrons. The minimum absolute atomic E-state index is 0.238. The van der Waals surface area contributed by atoms with Crippen LogP contribution in [0.4, 0.5) is 17.6 Å². The van der Waals surface area contributed by atoms with E-state index >= 15 is 0 Å². The predicted octanol–water partition coefficient (Wildman–Crippen LogP) is 2.25. The number of hydrogen-bond donors (Lipinski definition) is 1. The summed E-state index contributed by atoms with van der Waals surface area (Å²) in [7, 11) is 0. The van der Waals surface area contributed by atoms with Crippen molar-refractivity contribution in [2.45, 2.75) is 13.1 Å². The molecule has 0 bridgehead atoms. The largest absolute Gasteiger partial charge is 0.416 e. The number of hydrogen-bond acceptors (Lipinski definition) is 1. The molecule has 0 spiro atoms. The molecule has 2 N–H and O–H groups in total. The van der Waals surface area contributed by atoms with Gasteiger partial charge in [-0.25, -0.2) is 4.39 Å². The Hall–Kier alpha value is -1.59. The van der Waals surface area contributed by atoms with Crippen LogP contribution in [-0.2, 0) is 6.18 Å². The van der Waals surface area contributed by atoms with E-state index < -0.39 is 29.0 Å². The van der Waals surface area contributed by atoms with Gasteiger partial charge in [-0.2, -0.15) is 13.2 Å². The molecule has 0 aromatic heterocycles. The summed E-state index contributed by atoms with van der Waals surface area (Å²) in [6, 6.07) is 1.07. The number of rotatable bonds is 1. The molecule has 0 fully saturated rings. The van der Waals surface area contributed by atoms with Gasteiger partial charge in [0, 0.05) is 0 Å². The highest BCUT2D eigenvalue weighted by Gasteiger charge is 2.33. The molecule has 2 nitrogen and oxygen atoms in total. The van der Waals surface area contributed by atoms with Gasteiger partial charge in [-0.1, -0.05) is 0 Å². The van der Waals surface area contributed by atoms with E-state index in [-0.39, 0.29) is 11.6 Å². The van der Waals surface area contributed by atoms with Crippen molar-refractivity contribution in [3.8, 4) is 0 Å². The molecule has 1 aromatic carbocycles. The fourth-order valence-corrected chi connectivity index (χ4v) is 1.18. The highest BCUT2D eigenvalue weighted by atomic mass is 19.4. The lowest BCUT2D eigenvalue weighted by molar-refractivity contribution is -0.138. The number of carbonyl (C=O) groups excluding carboxylic acids is 1. The molecule has 1 amide bonds. The SMILES string of the molecule is Cc1cc(C(N)=O)c(F)cc1C(F)(F)F. The molecule has 82 valence electrons. The monoisotopic (exact) mass is 221 g/mol. The van der Waals surface area contributed by atoms with E-state index in [0.29, 0.717) is 0 Å². The summed E-state index contributed by atoms with van der Waals surface area (Å²) in [6.07, 6.45) is -4.64. The third-order valence-electron chi connectivity index (χ3n) is 1.88. The number of nitrogens with two attached hydrogens (primary N) is 1. The predicted molar refractivity (Wildman–Crippen MR) is 44.7 cm³/mol. The van der Waals surface area contributed by atoms with Crippen molar-refractivity contribution >= 4 is 5.91 Å². The second kappa shape index (κ2) is 3.52. The van der Waals surface area contributed by atoms with Crippen LogP contribution >= 0.6 is 0 Å². The van der Waals surface area contributed by atoms with Gasteiger partial charge >= 0.3 is 6.18 Å². The van der Waals surface area contributed by atoms with Crippen LogP contribution in [0.15, 0.2) is 12.1 Å². The van der Waals surface area contributed by atoms with E-state index in [2.05, 4.69) is 0 Å². The Morgan fingerprint density at radius 1 is 1.33 bits per heavy atom. The standard InChI is InChI=1S/C9H7F4NO/c1-4-2-5(8(14)15)7(10)3-6(4)9(11,12)13/h2-3H,1H3,(H2,14,15). The maximum absolute atomic E-state index is 13.0. The zero-order valence-corrected chi connectivity index (χ0v) is 7.65. The Bertz CT molecular complexity index is 411. The Balaban J connectivity index is 3.39. The maximum Gasteiger partial charge on any atom is 0.416 e. The molecular weight excluding hydrogens is 214 g/mol. The maximum atomic E-state index is 13.0. The number of primary amides is 1. The summed E-state index contributed by atoms with van der Waals surface area (Å²) in [4.78, 5) is 10.6. The van der Waals surface area contributed by atoms with E-state index in [1.807, 2.05) is 0 Å². The van der Waals surface area contributed by atoms with E-state index in [1.165, 1.54) is 0 Å². The average molecular weight is 221 g/mol. The van der Waals surface area contributed by atoms with E-state index in [0.717, 1.165) is 13.0 Å². The Morgan fingerprint density at radius 3 is 2.27 bits per heavy atom. The Labute approximate surface area is 82.7 Å². The first-order valence-corrected chi connectivity index (χ1v) is 3.90. The first-order valence-electron chi connectivity index (χ1n) is 3.90. The molecule has 0 aliphatic carbocycles. The Morgan fingerprint density at radius 2 is 1.87 bits per heavy atom. The average Bonchev–Trinajstić information content (AvgIpc) is 2.06. The van der Waals surface area contributed by atoms with Crippen molar-refractivity contribution in [2.24, 2.45) is 5.73 Å². The highest BCUT2D eigenvalue weighted by molar-refractivity contribution is 5.93. The summed E-state index contributed by atoms with van der Waals surface area (Å²) in [5.74, 6) is -2.36. The topological polar surface area (TPSA) is 43.1 Å². The number of halogens is 4. The molecule has 0 saturated carbocycles. The van der Waals surface area contributed by atoms with Gasteiger partial charge in [-0.05, 0) is 24.6 Å². The fraction of sp³-hybridized carbons (Fsp3) is 0.222. The van der Waals surface area contributed by atoms with Crippen LogP contribution in [0.25, 0.3) is 0 Å². The van der Waals surface area contributed by atoms with Crippen LogP contribution in [0.2, 0.25) is 0 Å². The zero-order chi connectivity index (χ0) is 11.8. The van der Waals surface area contributed by atoms with Gasteiger partial charge in [0.25, 0.3) is 5.91 Å². The molecule has 0 aliphatic heterocycles. The van der Waals surface area contributed by atoms with Gasteiger partial charge in [0.1, 0.15) is 5.82 Å². The van der Waals surface area contributed by atoms with Crippen molar-refractivity contribution < 1.29 is 22.4 Å². The number of aryl methyl sites for hydroxylation is 1. The van der Waals surface area contributed by atoms with Gasteiger partial charge in [0.2, 0.25) is 0 Å². The minimum atomic E-state index is -4.64. The lowest BCUT2D eigenvalue weighted by Crippen LogP contribution is -2.16. The number of amides is 1. The molecule has 1 aromatic rings. The summed E-state index contributed by atoms with van der Waals surface area (Å²) < 4.78 is 49.8. The van der Waals surface area contributed by atoms with Crippen LogP contribution in [0.3, 0.4) is 0 Å². The van der Waals surface area contributed by atoms with Crippen LogP contribution in [0.5, 0.6) is 0 Å². The quantitative estimate of drug-likeness (QED) is 0.726. The first-order chi connectivity index (χ1) is 6.73. The van der Waals surface area contributed by atoms with Gasteiger partial charge in [-0.3, -0.25) is 4.79 Å². The van der Waals surface area contributed by atoms with E-state index in [1.54, 1.807) is 0 Å².